The number of fused-ring (bicyclic) bond motifs is 3. The quantitative estimate of drug-likeness (QED) is 0.720. The van der Waals surface area contributed by atoms with E-state index in [-0.39, 0.29) is 0 Å². The van der Waals surface area contributed by atoms with Crippen LogP contribution in [0.1, 0.15) is 35.4 Å². The molecule has 4 nitrogen and oxygen atoms in total. The van der Waals surface area contributed by atoms with Gasteiger partial charge in [0.15, 0.2) is 0 Å². The standard InChI is InChI=1S/C21H26N4S/c1-14-9-10-16-18(11-14)26-21-19(16)20(23-13-24-21)22-12-17(25(2)3)15-7-5-4-6-8-15/h4-8,13-14,17H,9-12H2,1-3H3,(H,22,23,24). The summed E-state index contributed by atoms with van der Waals surface area (Å²) >= 11 is 1.85. The fourth-order valence-electron chi connectivity index (χ4n) is 3.88. The Labute approximate surface area is 159 Å². The first-order valence-electron chi connectivity index (χ1n) is 9.34. The highest BCUT2D eigenvalue weighted by molar-refractivity contribution is 7.19. The van der Waals surface area contributed by atoms with E-state index in [1.807, 2.05) is 11.3 Å². The van der Waals surface area contributed by atoms with Gasteiger partial charge in [0, 0.05) is 11.4 Å². The van der Waals surface area contributed by atoms with Crippen molar-refractivity contribution in [3.05, 3.63) is 52.7 Å². The topological polar surface area (TPSA) is 41.1 Å². The van der Waals surface area contributed by atoms with E-state index in [2.05, 4.69) is 71.5 Å². The number of hydrogen-bond acceptors (Lipinski definition) is 5. The average Bonchev–Trinajstić information content (AvgIpc) is 3.00. The number of thiophene rings is 1. The lowest BCUT2D eigenvalue weighted by Gasteiger charge is -2.25. The third-order valence-corrected chi connectivity index (χ3v) is 6.52. The maximum Gasteiger partial charge on any atom is 0.138 e. The minimum atomic E-state index is 0.302. The van der Waals surface area contributed by atoms with Crippen molar-refractivity contribution in [2.45, 2.75) is 32.2 Å². The van der Waals surface area contributed by atoms with Gasteiger partial charge in [0.1, 0.15) is 17.0 Å². The lowest BCUT2D eigenvalue weighted by Crippen LogP contribution is -2.27. The van der Waals surface area contributed by atoms with Crippen LogP contribution in [0.15, 0.2) is 36.7 Å². The van der Waals surface area contributed by atoms with Crippen LogP contribution in [-0.2, 0) is 12.8 Å². The van der Waals surface area contributed by atoms with E-state index in [1.165, 1.54) is 34.2 Å². The third-order valence-electron chi connectivity index (χ3n) is 5.36. The van der Waals surface area contributed by atoms with Gasteiger partial charge in [-0.15, -0.1) is 11.3 Å². The zero-order chi connectivity index (χ0) is 18.1. The normalized spacial score (nSPS) is 18.1. The Bertz CT molecular complexity index is 888. The molecule has 26 heavy (non-hydrogen) atoms. The van der Waals surface area contributed by atoms with E-state index in [0.29, 0.717) is 6.04 Å². The summed E-state index contributed by atoms with van der Waals surface area (Å²) in [5.74, 6) is 1.76. The molecular formula is C21H26N4S. The van der Waals surface area contributed by atoms with Crippen molar-refractivity contribution in [2.75, 3.05) is 26.0 Å². The van der Waals surface area contributed by atoms with Crippen molar-refractivity contribution in [1.29, 1.82) is 0 Å². The number of aromatic nitrogens is 2. The van der Waals surface area contributed by atoms with E-state index in [9.17, 15) is 0 Å². The molecule has 1 N–H and O–H groups in total. The first-order chi connectivity index (χ1) is 12.6. The molecule has 0 saturated heterocycles. The first-order valence-corrected chi connectivity index (χ1v) is 10.2. The Balaban J connectivity index is 1.63. The highest BCUT2D eigenvalue weighted by Crippen LogP contribution is 2.39. The molecule has 4 rings (SSSR count). The van der Waals surface area contributed by atoms with Crippen molar-refractivity contribution in [3.8, 4) is 0 Å². The van der Waals surface area contributed by atoms with Crippen LogP contribution in [0.5, 0.6) is 0 Å². The fraction of sp³-hybridized carbons (Fsp3) is 0.429. The summed E-state index contributed by atoms with van der Waals surface area (Å²) < 4.78 is 0. The van der Waals surface area contributed by atoms with Gasteiger partial charge in [-0.1, -0.05) is 37.3 Å². The molecule has 5 heteroatoms. The summed E-state index contributed by atoms with van der Waals surface area (Å²) in [6.07, 6.45) is 5.29. The number of aryl methyl sites for hydroxylation is 1. The van der Waals surface area contributed by atoms with E-state index >= 15 is 0 Å². The summed E-state index contributed by atoms with van der Waals surface area (Å²) in [7, 11) is 4.26. The molecular weight excluding hydrogens is 340 g/mol. The van der Waals surface area contributed by atoms with Gasteiger partial charge in [-0.3, -0.25) is 0 Å². The van der Waals surface area contributed by atoms with Gasteiger partial charge in [0.25, 0.3) is 0 Å². The Morgan fingerprint density at radius 2 is 2.04 bits per heavy atom. The van der Waals surface area contributed by atoms with E-state index in [1.54, 1.807) is 6.33 Å². The maximum absolute atomic E-state index is 4.60. The van der Waals surface area contributed by atoms with E-state index in [0.717, 1.165) is 29.5 Å². The summed E-state index contributed by atoms with van der Waals surface area (Å²) in [6, 6.07) is 11.0. The van der Waals surface area contributed by atoms with Gasteiger partial charge in [-0.05, 0) is 50.4 Å². The van der Waals surface area contributed by atoms with Crippen molar-refractivity contribution in [3.63, 3.8) is 0 Å². The Morgan fingerprint density at radius 3 is 2.81 bits per heavy atom. The third kappa shape index (κ3) is 3.33. The molecule has 0 saturated carbocycles. The zero-order valence-electron chi connectivity index (χ0n) is 15.7. The van der Waals surface area contributed by atoms with Gasteiger partial charge in [-0.25, -0.2) is 9.97 Å². The molecule has 0 fully saturated rings. The summed E-state index contributed by atoms with van der Waals surface area (Å²) in [5, 5.41) is 4.88. The molecule has 136 valence electrons. The summed E-state index contributed by atoms with van der Waals surface area (Å²) in [5.41, 5.74) is 2.80. The van der Waals surface area contributed by atoms with Crippen molar-refractivity contribution < 1.29 is 0 Å². The van der Waals surface area contributed by atoms with Gasteiger partial charge in [0.05, 0.1) is 11.4 Å². The van der Waals surface area contributed by atoms with Crippen LogP contribution in [0.25, 0.3) is 10.2 Å². The first kappa shape index (κ1) is 17.4. The van der Waals surface area contributed by atoms with Crippen molar-refractivity contribution in [1.82, 2.24) is 14.9 Å². The van der Waals surface area contributed by atoms with E-state index in [4.69, 9.17) is 0 Å². The van der Waals surface area contributed by atoms with Crippen LogP contribution < -0.4 is 5.32 Å². The molecule has 2 atom stereocenters. The van der Waals surface area contributed by atoms with Crippen molar-refractivity contribution >= 4 is 27.4 Å². The molecule has 2 unspecified atom stereocenters. The highest BCUT2D eigenvalue weighted by Gasteiger charge is 2.23. The lowest BCUT2D eigenvalue weighted by molar-refractivity contribution is 0.311. The minimum Gasteiger partial charge on any atom is -0.368 e. The molecule has 0 spiro atoms. The second-order valence-electron chi connectivity index (χ2n) is 7.53. The minimum absolute atomic E-state index is 0.302. The Kier molecular flexibility index (Phi) is 4.92. The Morgan fingerprint density at radius 1 is 1.23 bits per heavy atom. The number of nitrogens with zero attached hydrogens (tertiary/aromatic N) is 3. The largest absolute Gasteiger partial charge is 0.368 e. The second-order valence-corrected chi connectivity index (χ2v) is 8.61. The number of benzene rings is 1. The molecule has 0 aliphatic heterocycles. The number of nitrogens with one attached hydrogen (secondary N) is 1. The van der Waals surface area contributed by atoms with E-state index < -0.39 is 0 Å². The molecule has 1 aromatic carbocycles. The van der Waals surface area contributed by atoms with Crippen LogP contribution in [-0.4, -0.2) is 35.5 Å². The predicted molar refractivity (Wildman–Crippen MR) is 110 cm³/mol. The van der Waals surface area contributed by atoms with Gasteiger partial charge >= 0.3 is 0 Å². The SMILES string of the molecule is CC1CCc2c(sc3ncnc(NCC(c4ccccc4)N(C)C)c23)C1. The van der Waals surface area contributed by atoms with Crippen LogP contribution in [0, 0.1) is 5.92 Å². The number of likely N-dealkylation sites (N-methyl/N-ethyl adjacent to an activating group) is 1. The maximum atomic E-state index is 4.60. The van der Waals surface area contributed by atoms with Crippen LogP contribution in [0.4, 0.5) is 5.82 Å². The number of hydrogen-bond donors (Lipinski definition) is 1. The Hall–Kier alpha value is -1.98. The smallest absolute Gasteiger partial charge is 0.138 e. The van der Waals surface area contributed by atoms with Gasteiger partial charge < -0.3 is 10.2 Å². The van der Waals surface area contributed by atoms with Crippen LogP contribution in [0.3, 0.4) is 0 Å². The zero-order valence-corrected chi connectivity index (χ0v) is 16.5. The molecule has 2 aromatic heterocycles. The summed E-state index contributed by atoms with van der Waals surface area (Å²) in [4.78, 5) is 14.0. The molecule has 0 amide bonds. The average molecular weight is 367 g/mol. The van der Waals surface area contributed by atoms with Crippen molar-refractivity contribution in [2.24, 2.45) is 5.92 Å². The van der Waals surface area contributed by atoms with Gasteiger partial charge in [0.2, 0.25) is 0 Å². The molecule has 0 radical (unpaired) electrons. The van der Waals surface area contributed by atoms with Crippen LogP contribution in [0.2, 0.25) is 0 Å². The predicted octanol–water partition coefficient (Wildman–Crippen LogP) is 4.53. The molecule has 1 aliphatic carbocycles. The highest BCUT2D eigenvalue weighted by atomic mass is 32.1. The van der Waals surface area contributed by atoms with Crippen LogP contribution >= 0.6 is 11.3 Å². The molecule has 2 heterocycles. The monoisotopic (exact) mass is 366 g/mol. The molecule has 0 bridgehead atoms. The molecule has 3 aromatic rings. The second kappa shape index (κ2) is 7.33. The lowest BCUT2D eigenvalue weighted by atomic mass is 9.89. The number of anilines is 1. The fourth-order valence-corrected chi connectivity index (χ4v) is 5.23. The molecule has 1 aliphatic rings. The van der Waals surface area contributed by atoms with Gasteiger partial charge in [-0.2, -0.15) is 0 Å². The summed E-state index contributed by atoms with van der Waals surface area (Å²) in [6.45, 7) is 3.17. The number of rotatable bonds is 5.